The molecular formula is C11H11N3O4S2. The van der Waals surface area contributed by atoms with E-state index in [1.807, 2.05) is 31.2 Å². The molecule has 3 aromatic rings. The van der Waals surface area contributed by atoms with E-state index >= 15 is 0 Å². The van der Waals surface area contributed by atoms with E-state index in [-0.39, 0.29) is 0 Å². The summed E-state index contributed by atoms with van der Waals surface area (Å²) in [6.07, 6.45) is 0. The van der Waals surface area contributed by atoms with Crippen LogP contribution in [0.5, 0.6) is 0 Å². The third kappa shape index (κ3) is 3.67. The number of H-pyrrole nitrogens is 1. The lowest BCUT2D eigenvalue weighted by atomic mass is 10.3. The zero-order chi connectivity index (χ0) is 14.8. The molecule has 0 atom stereocenters. The molecule has 1 aromatic carbocycles. The lowest BCUT2D eigenvalue weighted by Crippen LogP contribution is -2.02. The van der Waals surface area contributed by atoms with Gasteiger partial charge in [0.15, 0.2) is 5.01 Å². The SMILES string of the molecule is COS(=O)(=O)[O-].Cc1[nH+]c2nc3ccccc3nc2s1. The first-order chi connectivity index (χ1) is 9.39. The minimum absolute atomic E-state index is 0.808. The van der Waals surface area contributed by atoms with Crippen LogP contribution in [0.15, 0.2) is 24.3 Å². The number of hydrogen-bond donors (Lipinski definition) is 0. The third-order valence-electron chi connectivity index (χ3n) is 2.29. The third-order valence-corrected chi connectivity index (χ3v) is 3.58. The summed E-state index contributed by atoms with van der Waals surface area (Å²) in [5, 5.41) is 1.13. The summed E-state index contributed by atoms with van der Waals surface area (Å²) in [7, 11) is -3.60. The molecule has 0 spiro atoms. The van der Waals surface area contributed by atoms with Crippen molar-refractivity contribution in [2.45, 2.75) is 6.92 Å². The van der Waals surface area contributed by atoms with E-state index in [2.05, 4.69) is 19.1 Å². The van der Waals surface area contributed by atoms with Crippen LogP contribution in [0.4, 0.5) is 0 Å². The summed E-state index contributed by atoms with van der Waals surface area (Å²) >= 11 is 1.64. The van der Waals surface area contributed by atoms with Crippen LogP contribution in [0.3, 0.4) is 0 Å². The normalized spacial score (nSPS) is 11.3. The van der Waals surface area contributed by atoms with Crippen LogP contribution in [-0.4, -0.2) is 30.0 Å². The van der Waals surface area contributed by atoms with Crippen molar-refractivity contribution < 1.29 is 22.1 Å². The maximum atomic E-state index is 9.22. The molecular weight excluding hydrogens is 302 g/mol. The van der Waals surface area contributed by atoms with Gasteiger partial charge in [0.05, 0.1) is 7.11 Å². The Labute approximate surface area is 119 Å². The first-order valence-electron chi connectivity index (χ1n) is 5.45. The molecule has 0 unspecified atom stereocenters. The summed E-state index contributed by atoms with van der Waals surface area (Å²) in [5.74, 6) is 0. The van der Waals surface area contributed by atoms with Gasteiger partial charge in [-0.15, -0.1) is 0 Å². The molecule has 0 aliphatic carbocycles. The van der Waals surface area contributed by atoms with Gasteiger partial charge in [-0.25, -0.2) is 18.4 Å². The Morgan fingerprint density at radius 1 is 1.25 bits per heavy atom. The van der Waals surface area contributed by atoms with Crippen LogP contribution in [-0.2, 0) is 14.6 Å². The van der Waals surface area contributed by atoms with Crippen molar-refractivity contribution >= 4 is 43.2 Å². The molecule has 0 radical (unpaired) electrons. The van der Waals surface area contributed by atoms with E-state index in [9.17, 15) is 13.0 Å². The quantitative estimate of drug-likeness (QED) is 0.491. The summed E-state index contributed by atoms with van der Waals surface area (Å²) in [6.45, 7) is 2.03. The Morgan fingerprint density at radius 3 is 2.35 bits per heavy atom. The van der Waals surface area contributed by atoms with Crippen LogP contribution in [0, 0.1) is 6.92 Å². The molecule has 20 heavy (non-hydrogen) atoms. The fourth-order valence-corrected chi connectivity index (χ4v) is 2.25. The molecule has 0 aliphatic rings. The number of benzene rings is 1. The predicted molar refractivity (Wildman–Crippen MR) is 72.9 cm³/mol. The summed E-state index contributed by atoms with van der Waals surface area (Å²) in [6, 6.07) is 7.91. The molecule has 106 valence electrons. The number of para-hydroxylation sites is 2. The summed E-state index contributed by atoms with van der Waals surface area (Å²) in [5.41, 5.74) is 2.77. The number of nitrogens with one attached hydrogen (secondary N) is 1. The van der Waals surface area contributed by atoms with E-state index in [0.717, 1.165) is 33.6 Å². The minimum Gasteiger partial charge on any atom is -0.726 e. The van der Waals surface area contributed by atoms with Gasteiger partial charge in [0.2, 0.25) is 20.7 Å². The molecule has 2 aromatic heterocycles. The van der Waals surface area contributed by atoms with Crippen LogP contribution >= 0.6 is 11.3 Å². The molecule has 3 rings (SSSR count). The van der Waals surface area contributed by atoms with E-state index < -0.39 is 10.4 Å². The molecule has 0 bridgehead atoms. The van der Waals surface area contributed by atoms with Crippen molar-refractivity contribution in [1.82, 2.24) is 9.97 Å². The fourth-order valence-electron chi connectivity index (χ4n) is 1.47. The number of aryl methyl sites for hydroxylation is 1. The summed E-state index contributed by atoms with van der Waals surface area (Å²) < 4.78 is 31.0. The highest BCUT2D eigenvalue weighted by Crippen LogP contribution is 2.17. The molecule has 0 aliphatic heterocycles. The van der Waals surface area contributed by atoms with E-state index in [4.69, 9.17) is 0 Å². The van der Waals surface area contributed by atoms with Gasteiger partial charge in [-0.3, -0.25) is 4.18 Å². The van der Waals surface area contributed by atoms with Gasteiger partial charge in [-0.05, 0) is 17.1 Å². The standard InChI is InChI=1S/C10H7N3S.CH4O4S/c1-6-11-9-10(14-6)13-8-5-3-2-4-7(8)12-9;1-5-6(2,3)4/h2-5H,1H3;1H3,(H,2,3,4). The van der Waals surface area contributed by atoms with E-state index in [0.29, 0.717) is 0 Å². The first-order valence-corrected chi connectivity index (χ1v) is 7.60. The Balaban J connectivity index is 0.000000212. The van der Waals surface area contributed by atoms with E-state index in [1.165, 1.54) is 0 Å². The van der Waals surface area contributed by atoms with E-state index in [1.54, 1.807) is 11.3 Å². The van der Waals surface area contributed by atoms with Crippen molar-refractivity contribution in [3.63, 3.8) is 0 Å². The number of nitrogens with zero attached hydrogens (tertiary/aromatic N) is 2. The topological polar surface area (TPSA) is 106 Å². The van der Waals surface area contributed by atoms with Gasteiger partial charge in [0.1, 0.15) is 5.52 Å². The molecule has 0 fully saturated rings. The first kappa shape index (κ1) is 14.7. The number of hydrogen-bond acceptors (Lipinski definition) is 7. The van der Waals surface area contributed by atoms with Gasteiger partial charge < -0.3 is 4.55 Å². The molecule has 2 heterocycles. The average Bonchev–Trinajstić information content (AvgIpc) is 2.74. The van der Waals surface area contributed by atoms with Gasteiger partial charge in [0.25, 0.3) is 0 Å². The zero-order valence-corrected chi connectivity index (χ0v) is 12.3. The van der Waals surface area contributed by atoms with Gasteiger partial charge in [0, 0.05) is 6.92 Å². The predicted octanol–water partition coefficient (Wildman–Crippen LogP) is 1.06. The van der Waals surface area contributed by atoms with Crippen molar-refractivity contribution in [2.75, 3.05) is 7.11 Å². The molecule has 1 N–H and O–H groups in total. The maximum Gasteiger partial charge on any atom is 0.358 e. The molecule has 9 heteroatoms. The van der Waals surface area contributed by atoms with Gasteiger partial charge in [-0.1, -0.05) is 23.5 Å². The number of aromatic amines is 1. The second-order valence-electron chi connectivity index (χ2n) is 3.72. The van der Waals surface area contributed by atoms with Crippen LogP contribution in [0.25, 0.3) is 21.5 Å². The number of rotatable bonds is 1. The molecule has 7 nitrogen and oxygen atoms in total. The summed E-state index contributed by atoms with van der Waals surface area (Å²) in [4.78, 5) is 13.2. The second kappa shape index (κ2) is 5.75. The Bertz CT molecular complexity index is 793. The highest BCUT2D eigenvalue weighted by molar-refractivity contribution is 7.80. The molecule has 0 saturated heterocycles. The highest BCUT2D eigenvalue weighted by Gasteiger charge is 2.12. The van der Waals surface area contributed by atoms with Crippen LogP contribution in [0.1, 0.15) is 5.01 Å². The minimum atomic E-state index is -4.41. The maximum absolute atomic E-state index is 9.22. The molecule has 0 amide bonds. The number of fused-ring (bicyclic) bond motifs is 2. The van der Waals surface area contributed by atoms with Gasteiger partial charge >= 0.3 is 5.65 Å². The molecule has 0 saturated carbocycles. The van der Waals surface area contributed by atoms with Gasteiger partial charge in [-0.2, -0.15) is 0 Å². The fraction of sp³-hybridized carbons (Fsp3) is 0.182. The lowest BCUT2D eigenvalue weighted by Gasteiger charge is -1.98. The highest BCUT2D eigenvalue weighted by atomic mass is 32.3. The number of thiazole rings is 1. The van der Waals surface area contributed by atoms with Crippen molar-refractivity contribution in [1.29, 1.82) is 0 Å². The second-order valence-corrected chi connectivity index (χ2v) is 6.08. The van der Waals surface area contributed by atoms with Crippen molar-refractivity contribution in [3.8, 4) is 0 Å². The Kier molecular flexibility index (Phi) is 4.23. The van der Waals surface area contributed by atoms with Crippen molar-refractivity contribution in [3.05, 3.63) is 29.3 Å². The Morgan fingerprint density at radius 2 is 1.80 bits per heavy atom. The van der Waals surface area contributed by atoms with Crippen LogP contribution in [0.2, 0.25) is 0 Å². The smallest absolute Gasteiger partial charge is 0.358 e. The zero-order valence-electron chi connectivity index (χ0n) is 10.7. The largest absolute Gasteiger partial charge is 0.726 e. The Hall–Kier alpha value is -1.68. The monoisotopic (exact) mass is 313 g/mol. The van der Waals surface area contributed by atoms with Crippen LogP contribution < -0.4 is 4.98 Å². The van der Waals surface area contributed by atoms with Crippen molar-refractivity contribution in [2.24, 2.45) is 0 Å². The number of aromatic nitrogens is 3. The lowest BCUT2D eigenvalue weighted by molar-refractivity contribution is -0.350. The average molecular weight is 313 g/mol.